The van der Waals surface area contributed by atoms with E-state index in [0.717, 1.165) is 23.9 Å². The molecule has 1 saturated heterocycles. The second-order valence-electron chi connectivity index (χ2n) is 6.73. The second-order valence-corrected chi connectivity index (χ2v) is 7.67. The van der Waals surface area contributed by atoms with Crippen LogP contribution in [-0.4, -0.2) is 75.8 Å². The molecule has 0 bridgehead atoms. The lowest BCUT2D eigenvalue weighted by atomic mass is 10.3. The Labute approximate surface area is 156 Å². The number of carbonyl (C=O) groups excluding carboxylic acids is 2. The van der Waals surface area contributed by atoms with Crippen molar-refractivity contribution >= 4 is 29.2 Å². The van der Waals surface area contributed by atoms with Gasteiger partial charge in [-0.2, -0.15) is 0 Å². The zero-order chi connectivity index (χ0) is 18.5. The molecule has 8 nitrogen and oxygen atoms in total. The number of fused-ring (bicyclic) bond motifs is 1. The summed E-state index contributed by atoms with van der Waals surface area (Å²) in [5.74, 6) is 0.524. The SMILES string of the molecule is CC(C)NC(=O)C[NH+]1CCN(C(=O)CSc2nnc3ccccn23)CC1. The van der Waals surface area contributed by atoms with Crippen LogP contribution in [0.15, 0.2) is 29.6 Å². The van der Waals surface area contributed by atoms with Crippen molar-refractivity contribution < 1.29 is 14.5 Å². The van der Waals surface area contributed by atoms with Crippen molar-refractivity contribution in [1.29, 1.82) is 0 Å². The fourth-order valence-electron chi connectivity index (χ4n) is 2.98. The number of carbonyl (C=O) groups is 2. The van der Waals surface area contributed by atoms with E-state index in [0.29, 0.717) is 25.4 Å². The van der Waals surface area contributed by atoms with Gasteiger partial charge < -0.3 is 15.1 Å². The molecule has 3 heterocycles. The van der Waals surface area contributed by atoms with E-state index < -0.39 is 0 Å². The Bertz CT molecular complexity index is 769. The minimum atomic E-state index is 0.0732. The van der Waals surface area contributed by atoms with Gasteiger partial charge in [-0.15, -0.1) is 10.2 Å². The number of nitrogens with one attached hydrogen (secondary N) is 2. The van der Waals surface area contributed by atoms with Gasteiger partial charge in [-0.25, -0.2) is 0 Å². The molecule has 0 spiro atoms. The van der Waals surface area contributed by atoms with E-state index in [4.69, 9.17) is 0 Å². The molecule has 2 aromatic heterocycles. The fourth-order valence-corrected chi connectivity index (χ4v) is 3.81. The lowest BCUT2D eigenvalue weighted by Crippen LogP contribution is -3.16. The first-order chi connectivity index (χ1) is 12.5. The third kappa shape index (κ3) is 4.73. The molecule has 26 heavy (non-hydrogen) atoms. The number of hydrogen-bond donors (Lipinski definition) is 2. The average molecular weight is 377 g/mol. The normalized spacial score (nSPS) is 15.6. The number of nitrogens with zero attached hydrogens (tertiary/aromatic N) is 4. The maximum Gasteiger partial charge on any atom is 0.275 e. The summed E-state index contributed by atoms with van der Waals surface area (Å²) < 4.78 is 1.88. The van der Waals surface area contributed by atoms with Crippen molar-refractivity contribution in [3.8, 4) is 0 Å². The number of hydrogen-bond acceptors (Lipinski definition) is 5. The van der Waals surface area contributed by atoms with E-state index in [2.05, 4.69) is 15.5 Å². The van der Waals surface area contributed by atoms with E-state index in [1.54, 1.807) is 0 Å². The summed E-state index contributed by atoms with van der Waals surface area (Å²) in [6.45, 7) is 7.36. The van der Waals surface area contributed by atoms with Crippen LogP contribution in [0.25, 0.3) is 5.65 Å². The van der Waals surface area contributed by atoms with Gasteiger partial charge in [0.1, 0.15) is 0 Å². The summed E-state index contributed by atoms with van der Waals surface area (Å²) in [7, 11) is 0. The number of aromatic nitrogens is 3. The van der Waals surface area contributed by atoms with Crippen LogP contribution in [0, 0.1) is 0 Å². The lowest BCUT2D eigenvalue weighted by Gasteiger charge is -2.32. The predicted molar refractivity (Wildman–Crippen MR) is 99.1 cm³/mol. The highest BCUT2D eigenvalue weighted by molar-refractivity contribution is 7.99. The van der Waals surface area contributed by atoms with E-state index in [9.17, 15) is 9.59 Å². The van der Waals surface area contributed by atoms with Gasteiger partial charge in [-0.05, 0) is 26.0 Å². The van der Waals surface area contributed by atoms with Crippen molar-refractivity contribution in [1.82, 2.24) is 24.8 Å². The van der Waals surface area contributed by atoms with Gasteiger partial charge >= 0.3 is 0 Å². The number of thioether (sulfide) groups is 1. The number of pyridine rings is 1. The average Bonchev–Trinajstić information content (AvgIpc) is 3.03. The van der Waals surface area contributed by atoms with Gasteiger partial charge in [0.05, 0.1) is 31.9 Å². The Morgan fingerprint density at radius 3 is 2.77 bits per heavy atom. The van der Waals surface area contributed by atoms with Crippen LogP contribution in [0.2, 0.25) is 0 Å². The summed E-state index contributed by atoms with van der Waals surface area (Å²) in [4.78, 5) is 27.4. The molecule has 1 fully saturated rings. The molecule has 1 aliphatic rings. The van der Waals surface area contributed by atoms with Crippen LogP contribution in [-0.2, 0) is 9.59 Å². The van der Waals surface area contributed by atoms with E-state index in [1.165, 1.54) is 16.7 Å². The Morgan fingerprint density at radius 1 is 1.27 bits per heavy atom. The first-order valence-electron chi connectivity index (χ1n) is 8.86. The molecule has 0 radical (unpaired) electrons. The highest BCUT2D eigenvalue weighted by Crippen LogP contribution is 2.17. The molecule has 0 unspecified atom stereocenters. The van der Waals surface area contributed by atoms with Crippen molar-refractivity contribution in [3.05, 3.63) is 24.4 Å². The summed E-state index contributed by atoms with van der Waals surface area (Å²) in [6, 6.07) is 5.87. The first kappa shape index (κ1) is 18.7. The zero-order valence-corrected chi connectivity index (χ0v) is 16.0. The minimum Gasteiger partial charge on any atom is -0.349 e. The summed E-state index contributed by atoms with van der Waals surface area (Å²) in [5.41, 5.74) is 0.777. The predicted octanol–water partition coefficient (Wildman–Crippen LogP) is -0.927. The second kappa shape index (κ2) is 8.50. The molecule has 0 aliphatic carbocycles. The Hall–Kier alpha value is -2.13. The molecule has 3 rings (SSSR count). The third-order valence-corrected chi connectivity index (χ3v) is 5.22. The summed E-state index contributed by atoms with van der Waals surface area (Å²) >= 11 is 1.40. The molecule has 9 heteroatoms. The van der Waals surface area contributed by atoms with Gasteiger partial charge in [0, 0.05) is 12.2 Å². The van der Waals surface area contributed by atoms with Crippen molar-refractivity contribution in [2.75, 3.05) is 38.5 Å². The number of piperazine rings is 1. The highest BCUT2D eigenvalue weighted by Gasteiger charge is 2.25. The maximum absolute atomic E-state index is 12.5. The number of amides is 2. The smallest absolute Gasteiger partial charge is 0.275 e. The summed E-state index contributed by atoms with van der Waals surface area (Å²) in [6.07, 6.45) is 1.90. The van der Waals surface area contributed by atoms with Gasteiger partial charge in [0.2, 0.25) is 5.91 Å². The zero-order valence-electron chi connectivity index (χ0n) is 15.1. The first-order valence-corrected chi connectivity index (χ1v) is 9.85. The molecule has 0 aromatic carbocycles. The Balaban J connectivity index is 1.44. The van der Waals surface area contributed by atoms with Gasteiger partial charge in [0.25, 0.3) is 5.91 Å². The van der Waals surface area contributed by atoms with Crippen LogP contribution < -0.4 is 10.2 Å². The lowest BCUT2D eigenvalue weighted by molar-refractivity contribution is -0.896. The Morgan fingerprint density at radius 2 is 2.04 bits per heavy atom. The van der Waals surface area contributed by atoms with Crippen LogP contribution in [0.5, 0.6) is 0 Å². The molecule has 0 saturated carbocycles. The standard InChI is InChI=1S/C17H24N6O2S/c1-13(2)18-15(24)11-21-7-9-22(10-8-21)16(25)12-26-17-20-19-14-5-3-4-6-23(14)17/h3-6,13H,7-12H2,1-2H3,(H,18,24)/p+1. The summed E-state index contributed by atoms with van der Waals surface area (Å²) in [5, 5.41) is 11.9. The molecule has 1 aliphatic heterocycles. The van der Waals surface area contributed by atoms with E-state index >= 15 is 0 Å². The largest absolute Gasteiger partial charge is 0.349 e. The van der Waals surface area contributed by atoms with E-state index in [-0.39, 0.29) is 17.9 Å². The number of quaternary nitrogens is 1. The van der Waals surface area contributed by atoms with Crippen molar-refractivity contribution in [2.24, 2.45) is 0 Å². The topological polar surface area (TPSA) is 84.0 Å². The third-order valence-electron chi connectivity index (χ3n) is 4.29. The van der Waals surface area contributed by atoms with E-state index in [1.807, 2.05) is 47.5 Å². The van der Waals surface area contributed by atoms with Crippen molar-refractivity contribution in [2.45, 2.75) is 25.0 Å². The molecule has 140 valence electrons. The fraction of sp³-hybridized carbons (Fsp3) is 0.529. The van der Waals surface area contributed by atoms with Crippen LogP contribution in [0.4, 0.5) is 0 Å². The highest BCUT2D eigenvalue weighted by atomic mass is 32.2. The van der Waals surface area contributed by atoms with Crippen LogP contribution in [0.3, 0.4) is 0 Å². The van der Waals surface area contributed by atoms with Gasteiger partial charge in [-0.1, -0.05) is 17.8 Å². The molecule has 2 amide bonds. The molecule has 2 aromatic rings. The van der Waals surface area contributed by atoms with Gasteiger partial charge in [-0.3, -0.25) is 14.0 Å². The van der Waals surface area contributed by atoms with Crippen LogP contribution >= 0.6 is 11.8 Å². The monoisotopic (exact) mass is 377 g/mol. The molecular weight excluding hydrogens is 352 g/mol. The minimum absolute atomic E-state index is 0.0732. The quantitative estimate of drug-likeness (QED) is 0.636. The molecule has 2 N–H and O–H groups in total. The van der Waals surface area contributed by atoms with Crippen LogP contribution in [0.1, 0.15) is 13.8 Å². The van der Waals surface area contributed by atoms with Gasteiger partial charge in [0.15, 0.2) is 17.3 Å². The number of rotatable bonds is 6. The molecule has 0 atom stereocenters. The Kier molecular flexibility index (Phi) is 6.10. The maximum atomic E-state index is 12.5. The van der Waals surface area contributed by atoms with Crippen molar-refractivity contribution in [3.63, 3.8) is 0 Å². The molecular formula is C17H25N6O2S+.